The number of ether oxygens (including phenoxy) is 1. The molecule has 7 nitrogen and oxygen atoms in total. The third-order valence-corrected chi connectivity index (χ3v) is 4.28. The van der Waals surface area contributed by atoms with Crippen molar-refractivity contribution in [2.45, 2.75) is 20.3 Å². The van der Waals surface area contributed by atoms with Gasteiger partial charge in [-0.3, -0.25) is 4.79 Å². The number of benzene rings is 1. The summed E-state index contributed by atoms with van der Waals surface area (Å²) in [5.74, 6) is 0.962. The highest BCUT2D eigenvalue weighted by Crippen LogP contribution is 2.24. The van der Waals surface area contributed by atoms with Crippen molar-refractivity contribution in [1.82, 2.24) is 15.0 Å². The molecule has 2 N–H and O–H groups in total. The summed E-state index contributed by atoms with van der Waals surface area (Å²) in [6.07, 6.45) is 0.171. The third-order valence-electron chi connectivity index (χ3n) is 3.48. The van der Waals surface area contributed by atoms with Crippen molar-refractivity contribution in [3.8, 4) is 5.75 Å². The summed E-state index contributed by atoms with van der Waals surface area (Å²) in [6, 6.07) is 9.18. The van der Waals surface area contributed by atoms with Crippen molar-refractivity contribution in [2.24, 2.45) is 0 Å². The number of methoxy groups -OCH3 is 1. The summed E-state index contributed by atoms with van der Waals surface area (Å²) in [5, 5.41) is 8.41. The zero-order valence-electron chi connectivity index (χ0n) is 14.7. The molecule has 1 amide bonds. The molecule has 2 aromatic heterocycles. The maximum atomic E-state index is 12.3. The van der Waals surface area contributed by atoms with E-state index in [9.17, 15) is 4.79 Å². The molecule has 8 heteroatoms. The Hall–Kier alpha value is -3.00. The van der Waals surface area contributed by atoms with Crippen LogP contribution < -0.4 is 15.4 Å². The largest absolute Gasteiger partial charge is 0.495 e. The molecule has 0 saturated heterocycles. The van der Waals surface area contributed by atoms with Crippen molar-refractivity contribution in [2.75, 3.05) is 17.7 Å². The van der Waals surface area contributed by atoms with Crippen LogP contribution in [0.3, 0.4) is 0 Å². The van der Waals surface area contributed by atoms with E-state index in [1.807, 2.05) is 37.4 Å². The second-order valence-corrected chi connectivity index (χ2v) is 6.53. The Morgan fingerprint density at radius 1 is 1.15 bits per heavy atom. The first kappa shape index (κ1) is 17.8. The molecule has 134 valence electrons. The van der Waals surface area contributed by atoms with Crippen LogP contribution in [0.2, 0.25) is 0 Å². The molecular weight excluding hydrogens is 350 g/mol. The van der Waals surface area contributed by atoms with Crippen molar-refractivity contribution < 1.29 is 9.53 Å². The molecule has 0 aliphatic rings. The van der Waals surface area contributed by atoms with Gasteiger partial charge in [-0.05, 0) is 32.0 Å². The van der Waals surface area contributed by atoms with Gasteiger partial charge >= 0.3 is 0 Å². The van der Waals surface area contributed by atoms with Crippen LogP contribution in [0.15, 0.2) is 35.7 Å². The van der Waals surface area contributed by atoms with Crippen LogP contribution in [-0.2, 0) is 11.2 Å². The van der Waals surface area contributed by atoms with Gasteiger partial charge in [0.1, 0.15) is 5.75 Å². The maximum Gasteiger partial charge on any atom is 0.230 e. The number of rotatable bonds is 6. The van der Waals surface area contributed by atoms with Gasteiger partial charge in [-0.25, -0.2) is 15.0 Å². The SMILES string of the molecule is COc1ccccc1NC(=O)Cc1csc(Nc2nc(C)cc(C)n2)n1. The summed E-state index contributed by atoms with van der Waals surface area (Å²) in [5.41, 5.74) is 3.08. The molecule has 0 spiro atoms. The molecule has 0 saturated carbocycles. The number of nitrogens with one attached hydrogen (secondary N) is 2. The summed E-state index contributed by atoms with van der Waals surface area (Å²) >= 11 is 1.41. The molecule has 0 atom stereocenters. The van der Waals surface area contributed by atoms with E-state index in [0.29, 0.717) is 28.2 Å². The fraction of sp³-hybridized carbons (Fsp3) is 0.222. The molecule has 0 aliphatic carbocycles. The van der Waals surface area contributed by atoms with Crippen LogP contribution in [0, 0.1) is 13.8 Å². The van der Waals surface area contributed by atoms with Crippen LogP contribution in [0.1, 0.15) is 17.1 Å². The fourth-order valence-corrected chi connectivity index (χ4v) is 3.13. The number of hydrogen-bond donors (Lipinski definition) is 2. The Balaban J connectivity index is 1.63. The number of thiazole rings is 1. The highest BCUT2D eigenvalue weighted by molar-refractivity contribution is 7.13. The van der Waals surface area contributed by atoms with E-state index < -0.39 is 0 Å². The van der Waals surface area contributed by atoms with E-state index in [1.54, 1.807) is 19.2 Å². The Morgan fingerprint density at radius 2 is 1.88 bits per heavy atom. The number of aromatic nitrogens is 3. The molecule has 26 heavy (non-hydrogen) atoms. The smallest absolute Gasteiger partial charge is 0.230 e. The number of para-hydroxylation sites is 2. The van der Waals surface area contributed by atoms with Crippen molar-refractivity contribution in [3.63, 3.8) is 0 Å². The van der Waals surface area contributed by atoms with Gasteiger partial charge in [-0.1, -0.05) is 12.1 Å². The summed E-state index contributed by atoms with van der Waals surface area (Å²) in [4.78, 5) is 25.3. The maximum absolute atomic E-state index is 12.3. The lowest BCUT2D eigenvalue weighted by Gasteiger charge is -2.09. The molecule has 0 radical (unpaired) electrons. The third kappa shape index (κ3) is 4.54. The van der Waals surface area contributed by atoms with E-state index in [1.165, 1.54) is 11.3 Å². The van der Waals surface area contributed by atoms with Gasteiger partial charge in [0.25, 0.3) is 0 Å². The molecule has 0 unspecified atom stereocenters. The number of carbonyl (C=O) groups is 1. The zero-order valence-corrected chi connectivity index (χ0v) is 15.6. The second kappa shape index (κ2) is 7.92. The number of anilines is 3. The molecule has 0 fully saturated rings. The van der Waals surface area contributed by atoms with Gasteiger partial charge in [0.05, 0.1) is 24.9 Å². The average Bonchev–Trinajstić information content (AvgIpc) is 3.01. The molecule has 2 heterocycles. The second-order valence-electron chi connectivity index (χ2n) is 5.67. The van der Waals surface area contributed by atoms with Crippen LogP contribution in [0.5, 0.6) is 5.75 Å². The number of carbonyl (C=O) groups excluding carboxylic acids is 1. The topological polar surface area (TPSA) is 89.0 Å². The first-order valence-electron chi connectivity index (χ1n) is 8.00. The minimum atomic E-state index is -0.158. The van der Waals surface area contributed by atoms with E-state index in [2.05, 4.69) is 25.6 Å². The lowest BCUT2D eigenvalue weighted by atomic mass is 10.2. The number of hydrogen-bond acceptors (Lipinski definition) is 7. The summed E-state index contributed by atoms with van der Waals surface area (Å²) in [6.45, 7) is 3.82. The van der Waals surface area contributed by atoms with Gasteiger partial charge in [-0.15, -0.1) is 11.3 Å². The minimum Gasteiger partial charge on any atom is -0.495 e. The fourth-order valence-electron chi connectivity index (χ4n) is 2.43. The molecule has 0 aliphatic heterocycles. The summed E-state index contributed by atoms with van der Waals surface area (Å²) in [7, 11) is 1.57. The van der Waals surface area contributed by atoms with Gasteiger partial charge in [0.2, 0.25) is 11.9 Å². The van der Waals surface area contributed by atoms with E-state index in [0.717, 1.165) is 11.4 Å². The van der Waals surface area contributed by atoms with Gasteiger partial charge in [0, 0.05) is 16.8 Å². The standard InChI is InChI=1S/C18H19N5O2S/c1-11-8-12(2)20-17(19-11)23-18-21-13(10-26-18)9-16(24)22-14-6-4-5-7-15(14)25-3/h4-8,10H,9H2,1-3H3,(H,22,24)(H,19,20,21,23). The Kier molecular flexibility index (Phi) is 5.43. The highest BCUT2D eigenvalue weighted by atomic mass is 32.1. The number of nitrogens with zero attached hydrogens (tertiary/aromatic N) is 3. The van der Waals surface area contributed by atoms with Crippen molar-refractivity contribution in [3.05, 3.63) is 52.8 Å². The quantitative estimate of drug-likeness (QED) is 0.691. The zero-order chi connectivity index (χ0) is 18.5. The average molecular weight is 369 g/mol. The van der Waals surface area contributed by atoms with E-state index in [-0.39, 0.29) is 12.3 Å². The van der Waals surface area contributed by atoms with Crippen LogP contribution in [0.25, 0.3) is 0 Å². The Bertz CT molecular complexity index is 905. The predicted octanol–water partition coefficient (Wildman–Crippen LogP) is 3.48. The van der Waals surface area contributed by atoms with E-state index >= 15 is 0 Å². The molecular formula is C18H19N5O2S. The van der Waals surface area contributed by atoms with Crippen molar-refractivity contribution in [1.29, 1.82) is 0 Å². The van der Waals surface area contributed by atoms with Crippen LogP contribution in [-0.4, -0.2) is 28.0 Å². The molecule has 3 rings (SSSR count). The predicted molar refractivity (Wildman–Crippen MR) is 102 cm³/mol. The van der Waals surface area contributed by atoms with Crippen LogP contribution in [0.4, 0.5) is 16.8 Å². The first-order valence-corrected chi connectivity index (χ1v) is 8.88. The van der Waals surface area contributed by atoms with Crippen LogP contribution >= 0.6 is 11.3 Å². The monoisotopic (exact) mass is 369 g/mol. The number of amides is 1. The van der Waals surface area contributed by atoms with E-state index in [4.69, 9.17) is 4.74 Å². The lowest BCUT2D eigenvalue weighted by Crippen LogP contribution is -2.15. The van der Waals surface area contributed by atoms with Crippen molar-refractivity contribution >= 4 is 34.0 Å². The molecule has 3 aromatic rings. The minimum absolute atomic E-state index is 0.158. The van der Waals surface area contributed by atoms with Gasteiger partial charge in [-0.2, -0.15) is 0 Å². The molecule has 1 aromatic carbocycles. The first-order chi connectivity index (χ1) is 12.5. The normalized spacial score (nSPS) is 10.4. The number of aryl methyl sites for hydroxylation is 2. The van der Waals surface area contributed by atoms with Gasteiger partial charge in [0.15, 0.2) is 5.13 Å². The lowest BCUT2D eigenvalue weighted by molar-refractivity contribution is -0.115. The Labute approximate surface area is 155 Å². The summed E-state index contributed by atoms with van der Waals surface area (Å²) < 4.78 is 5.23. The Morgan fingerprint density at radius 3 is 2.62 bits per heavy atom. The highest BCUT2D eigenvalue weighted by Gasteiger charge is 2.11. The molecule has 0 bridgehead atoms. The van der Waals surface area contributed by atoms with Gasteiger partial charge < -0.3 is 15.4 Å².